The van der Waals surface area contributed by atoms with Crippen molar-refractivity contribution in [3.63, 3.8) is 0 Å². The van der Waals surface area contributed by atoms with Crippen LogP contribution in [-0.4, -0.2) is 25.0 Å². The third-order valence-corrected chi connectivity index (χ3v) is 4.43. The van der Waals surface area contributed by atoms with Crippen LogP contribution in [0.3, 0.4) is 0 Å². The van der Waals surface area contributed by atoms with E-state index in [9.17, 15) is 4.79 Å². The van der Waals surface area contributed by atoms with Gasteiger partial charge in [0.1, 0.15) is 0 Å². The van der Waals surface area contributed by atoms with Gasteiger partial charge in [-0.3, -0.25) is 4.79 Å². The predicted octanol–water partition coefficient (Wildman–Crippen LogP) is 2.07. The van der Waals surface area contributed by atoms with Gasteiger partial charge in [0, 0.05) is 19.0 Å². The average molecular weight is 238 g/mol. The lowest BCUT2D eigenvalue weighted by atomic mass is 9.94. The molecule has 0 bridgehead atoms. The van der Waals surface area contributed by atoms with Gasteiger partial charge in [-0.1, -0.05) is 32.6 Å². The summed E-state index contributed by atoms with van der Waals surface area (Å²) in [6, 6.07) is 0.347. The van der Waals surface area contributed by atoms with Crippen molar-refractivity contribution in [2.45, 2.75) is 57.9 Å². The van der Waals surface area contributed by atoms with Crippen LogP contribution < -0.4 is 10.6 Å². The number of hydrogen-bond donors (Lipinski definition) is 2. The average Bonchev–Trinajstić information content (AvgIpc) is 2.82. The van der Waals surface area contributed by atoms with E-state index in [4.69, 9.17) is 0 Å². The molecule has 2 unspecified atom stereocenters. The van der Waals surface area contributed by atoms with E-state index in [1.165, 1.54) is 32.1 Å². The second-order valence-electron chi connectivity index (χ2n) is 5.83. The van der Waals surface area contributed by atoms with Gasteiger partial charge in [-0.2, -0.15) is 0 Å². The predicted molar refractivity (Wildman–Crippen MR) is 69.8 cm³/mol. The highest BCUT2D eigenvalue weighted by Gasteiger charge is 2.23. The van der Waals surface area contributed by atoms with E-state index < -0.39 is 0 Å². The summed E-state index contributed by atoms with van der Waals surface area (Å²) in [5, 5.41) is 6.54. The summed E-state index contributed by atoms with van der Waals surface area (Å²) in [7, 11) is 0. The molecule has 3 heteroatoms. The fourth-order valence-corrected chi connectivity index (χ4v) is 3.10. The summed E-state index contributed by atoms with van der Waals surface area (Å²) in [6.45, 7) is 4.27. The minimum atomic E-state index is 0.262. The Hall–Kier alpha value is -0.570. The van der Waals surface area contributed by atoms with Crippen molar-refractivity contribution in [1.82, 2.24) is 10.6 Å². The molecule has 1 amide bonds. The van der Waals surface area contributed by atoms with Gasteiger partial charge in [-0.05, 0) is 31.2 Å². The van der Waals surface area contributed by atoms with Crippen molar-refractivity contribution in [2.75, 3.05) is 13.1 Å². The van der Waals surface area contributed by atoms with Crippen LogP contribution in [0.15, 0.2) is 0 Å². The van der Waals surface area contributed by atoms with Gasteiger partial charge < -0.3 is 10.6 Å². The molecule has 1 aliphatic carbocycles. The first kappa shape index (κ1) is 12.9. The Kier molecular flexibility index (Phi) is 4.84. The van der Waals surface area contributed by atoms with Crippen LogP contribution in [0, 0.1) is 11.8 Å². The third kappa shape index (κ3) is 3.98. The molecule has 1 heterocycles. The molecule has 1 aliphatic heterocycles. The minimum Gasteiger partial charge on any atom is -0.352 e. The van der Waals surface area contributed by atoms with Crippen molar-refractivity contribution in [3.05, 3.63) is 0 Å². The van der Waals surface area contributed by atoms with Crippen molar-refractivity contribution in [1.29, 1.82) is 0 Å². The second kappa shape index (κ2) is 6.39. The number of carbonyl (C=O) groups is 1. The highest BCUT2D eigenvalue weighted by Crippen LogP contribution is 2.28. The van der Waals surface area contributed by atoms with E-state index in [0.717, 1.165) is 31.8 Å². The van der Waals surface area contributed by atoms with Crippen LogP contribution in [0.1, 0.15) is 51.9 Å². The van der Waals surface area contributed by atoms with Crippen molar-refractivity contribution in [2.24, 2.45) is 11.8 Å². The van der Waals surface area contributed by atoms with E-state index in [1.54, 1.807) is 0 Å². The lowest BCUT2D eigenvalue weighted by molar-refractivity contribution is -0.122. The van der Waals surface area contributed by atoms with Gasteiger partial charge in [0.25, 0.3) is 0 Å². The number of rotatable bonds is 4. The van der Waals surface area contributed by atoms with Gasteiger partial charge in [-0.25, -0.2) is 0 Å². The zero-order valence-corrected chi connectivity index (χ0v) is 11.0. The molecule has 17 heavy (non-hydrogen) atoms. The third-order valence-electron chi connectivity index (χ3n) is 4.43. The van der Waals surface area contributed by atoms with Crippen LogP contribution >= 0.6 is 0 Å². The molecule has 0 aromatic carbocycles. The van der Waals surface area contributed by atoms with E-state index in [-0.39, 0.29) is 5.91 Å². The maximum Gasteiger partial charge on any atom is 0.220 e. The Bertz CT molecular complexity index is 249. The van der Waals surface area contributed by atoms with Gasteiger partial charge >= 0.3 is 0 Å². The molecule has 2 rings (SSSR count). The molecule has 1 saturated carbocycles. The van der Waals surface area contributed by atoms with Crippen LogP contribution in [0.4, 0.5) is 0 Å². The number of piperidine rings is 1. The van der Waals surface area contributed by atoms with Gasteiger partial charge in [-0.15, -0.1) is 0 Å². The highest BCUT2D eigenvalue weighted by molar-refractivity contribution is 5.76. The van der Waals surface area contributed by atoms with Crippen molar-refractivity contribution in [3.8, 4) is 0 Å². The molecule has 0 radical (unpaired) electrons. The summed E-state index contributed by atoms with van der Waals surface area (Å²) in [6.07, 6.45) is 8.43. The maximum absolute atomic E-state index is 11.9. The highest BCUT2D eigenvalue weighted by atomic mass is 16.1. The summed E-state index contributed by atoms with van der Waals surface area (Å²) >= 11 is 0. The number of carbonyl (C=O) groups excluding carboxylic acids is 1. The normalized spacial score (nSPS) is 30.4. The lowest BCUT2D eigenvalue weighted by Gasteiger charge is -2.30. The Morgan fingerprint density at radius 1 is 1.29 bits per heavy atom. The molecule has 98 valence electrons. The summed E-state index contributed by atoms with van der Waals surface area (Å²) < 4.78 is 0. The second-order valence-corrected chi connectivity index (χ2v) is 5.83. The fraction of sp³-hybridized carbons (Fsp3) is 0.929. The van der Waals surface area contributed by atoms with Gasteiger partial charge in [0.05, 0.1) is 0 Å². The summed E-state index contributed by atoms with van der Waals surface area (Å²) in [4.78, 5) is 11.9. The molecule has 2 fully saturated rings. The number of hydrogen-bond acceptors (Lipinski definition) is 2. The van der Waals surface area contributed by atoms with Crippen molar-refractivity contribution >= 4 is 5.91 Å². The zero-order chi connectivity index (χ0) is 12.1. The molecule has 0 spiro atoms. The largest absolute Gasteiger partial charge is 0.352 e. The first-order chi connectivity index (χ1) is 8.25. The Balaban J connectivity index is 1.65. The van der Waals surface area contributed by atoms with Gasteiger partial charge in [0.15, 0.2) is 0 Å². The van der Waals surface area contributed by atoms with Crippen molar-refractivity contribution < 1.29 is 4.79 Å². The van der Waals surface area contributed by atoms with E-state index in [1.807, 2.05) is 0 Å². The molecular formula is C14H26N2O. The maximum atomic E-state index is 11.9. The lowest BCUT2D eigenvalue weighted by Crippen LogP contribution is -2.50. The first-order valence-corrected chi connectivity index (χ1v) is 7.26. The zero-order valence-electron chi connectivity index (χ0n) is 11.0. The molecule has 1 saturated heterocycles. The van der Waals surface area contributed by atoms with Gasteiger partial charge in [0.2, 0.25) is 5.91 Å². The molecule has 2 N–H and O–H groups in total. The Morgan fingerprint density at radius 3 is 2.76 bits per heavy atom. The van der Waals surface area contributed by atoms with E-state index in [0.29, 0.717) is 12.0 Å². The molecular weight excluding hydrogens is 212 g/mol. The SMILES string of the molecule is CC1CCNCC1NC(=O)CCC1CCCC1. The summed E-state index contributed by atoms with van der Waals surface area (Å²) in [5.74, 6) is 1.70. The van der Waals surface area contributed by atoms with E-state index >= 15 is 0 Å². The van der Waals surface area contributed by atoms with E-state index in [2.05, 4.69) is 17.6 Å². The molecule has 0 aromatic rings. The number of nitrogens with one attached hydrogen (secondary N) is 2. The smallest absolute Gasteiger partial charge is 0.220 e. The Morgan fingerprint density at radius 2 is 2.06 bits per heavy atom. The molecule has 3 nitrogen and oxygen atoms in total. The standard InChI is InChI=1S/C14H26N2O/c1-11-8-9-15-10-13(11)16-14(17)7-6-12-4-2-3-5-12/h11-13,15H,2-10H2,1H3,(H,16,17). The fourth-order valence-electron chi connectivity index (χ4n) is 3.10. The van der Waals surface area contributed by atoms with Crippen LogP contribution in [0.25, 0.3) is 0 Å². The van der Waals surface area contributed by atoms with Crippen LogP contribution in [0.5, 0.6) is 0 Å². The van der Waals surface area contributed by atoms with Crippen LogP contribution in [0.2, 0.25) is 0 Å². The monoisotopic (exact) mass is 238 g/mol. The molecule has 0 aromatic heterocycles. The topological polar surface area (TPSA) is 41.1 Å². The Labute approximate surface area is 105 Å². The van der Waals surface area contributed by atoms with Crippen LogP contribution in [-0.2, 0) is 4.79 Å². The first-order valence-electron chi connectivity index (χ1n) is 7.26. The summed E-state index contributed by atoms with van der Waals surface area (Å²) in [5.41, 5.74) is 0. The minimum absolute atomic E-state index is 0.262. The quantitative estimate of drug-likeness (QED) is 0.787. The number of amides is 1. The molecule has 2 atom stereocenters. The molecule has 2 aliphatic rings.